The van der Waals surface area contributed by atoms with Gasteiger partial charge in [0.15, 0.2) is 0 Å². The van der Waals surface area contributed by atoms with Gasteiger partial charge in [0.1, 0.15) is 11.4 Å². The van der Waals surface area contributed by atoms with Crippen LogP contribution in [0.4, 0.5) is 10.1 Å². The summed E-state index contributed by atoms with van der Waals surface area (Å²) in [4.78, 5) is 0. The number of alkyl halides is 1. The molecule has 1 aromatic rings. The zero-order valence-corrected chi connectivity index (χ0v) is 8.22. The predicted octanol–water partition coefficient (Wildman–Crippen LogP) is 2.61. The van der Waals surface area contributed by atoms with E-state index < -0.39 is 5.67 Å². The Balaban J connectivity index is 2.00. The molecule has 1 saturated carbocycles. The lowest BCUT2D eigenvalue weighted by Crippen LogP contribution is -2.16. The summed E-state index contributed by atoms with van der Waals surface area (Å²) in [7, 11) is 1.61. The Hall–Kier alpha value is -1.25. The van der Waals surface area contributed by atoms with Crippen molar-refractivity contribution in [2.45, 2.75) is 18.5 Å². The molecule has 0 atom stereocenters. The van der Waals surface area contributed by atoms with Crippen molar-refractivity contribution < 1.29 is 9.13 Å². The molecule has 14 heavy (non-hydrogen) atoms. The van der Waals surface area contributed by atoms with Crippen LogP contribution >= 0.6 is 0 Å². The smallest absolute Gasteiger partial charge is 0.141 e. The Morgan fingerprint density at radius 3 is 2.79 bits per heavy atom. The zero-order valence-electron chi connectivity index (χ0n) is 8.22. The Morgan fingerprint density at radius 2 is 2.14 bits per heavy atom. The molecule has 1 aromatic carbocycles. The summed E-state index contributed by atoms with van der Waals surface area (Å²) in [6.07, 6.45) is 1.35. The number of methoxy groups -OCH3 is 1. The molecule has 0 aromatic heterocycles. The van der Waals surface area contributed by atoms with Crippen LogP contribution in [-0.4, -0.2) is 19.3 Å². The minimum absolute atomic E-state index is 0.382. The monoisotopic (exact) mass is 195 g/mol. The van der Waals surface area contributed by atoms with Crippen LogP contribution in [0.1, 0.15) is 12.8 Å². The Labute approximate surface area is 83.1 Å². The van der Waals surface area contributed by atoms with Gasteiger partial charge in [0.25, 0.3) is 0 Å². The van der Waals surface area contributed by atoms with Crippen LogP contribution in [-0.2, 0) is 0 Å². The molecule has 0 amide bonds. The average molecular weight is 195 g/mol. The van der Waals surface area contributed by atoms with Gasteiger partial charge >= 0.3 is 0 Å². The summed E-state index contributed by atoms with van der Waals surface area (Å²) in [6.45, 7) is 0.382. The third-order valence-corrected chi connectivity index (χ3v) is 2.50. The molecule has 0 spiro atoms. The van der Waals surface area contributed by atoms with E-state index in [4.69, 9.17) is 4.74 Å². The van der Waals surface area contributed by atoms with E-state index in [1.54, 1.807) is 7.11 Å². The van der Waals surface area contributed by atoms with Crippen LogP contribution in [0.2, 0.25) is 0 Å². The lowest BCUT2D eigenvalue weighted by atomic mass is 10.2. The van der Waals surface area contributed by atoms with Gasteiger partial charge in [0.05, 0.1) is 12.8 Å². The van der Waals surface area contributed by atoms with Crippen LogP contribution in [0, 0.1) is 0 Å². The SMILES string of the molecule is COc1ccccc1NCC1(F)CC1. The van der Waals surface area contributed by atoms with Crippen molar-refractivity contribution >= 4 is 5.69 Å². The Morgan fingerprint density at radius 1 is 1.43 bits per heavy atom. The first kappa shape index (κ1) is 9.31. The van der Waals surface area contributed by atoms with Crippen LogP contribution in [0.15, 0.2) is 24.3 Å². The number of rotatable bonds is 4. The molecule has 0 aliphatic heterocycles. The number of halogens is 1. The molecule has 2 rings (SSSR count). The van der Waals surface area contributed by atoms with Gasteiger partial charge < -0.3 is 10.1 Å². The molecule has 0 saturated heterocycles. The molecule has 0 unspecified atom stereocenters. The minimum Gasteiger partial charge on any atom is -0.495 e. The first-order chi connectivity index (χ1) is 6.73. The summed E-state index contributed by atoms with van der Waals surface area (Å²) in [5.41, 5.74) is -0.111. The summed E-state index contributed by atoms with van der Waals surface area (Å²) in [5, 5.41) is 3.07. The van der Waals surface area contributed by atoms with E-state index in [9.17, 15) is 4.39 Å². The highest BCUT2D eigenvalue weighted by molar-refractivity contribution is 5.56. The largest absolute Gasteiger partial charge is 0.495 e. The number of nitrogens with one attached hydrogen (secondary N) is 1. The van der Waals surface area contributed by atoms with Crippen LogP contribution in [0.25, 0.3) is 0 Å². The fourth-order valence-corrected chi connectivity index (χ4v) is 1.36. The van der Waals surface area contributed by atoms with Crippen molar-refractivity contribution in [3.63, 3.8) is 0 Å². The lowest BCUT2D eigenvalue weighted by molar-refractivity contribution is 0.326. The van der Waals surface area contributed by atoms with Crippen LogP contribution in [0.3, 0.4) is 0 Å². The van der Waals surface area contributed by atoms with E-state index in [1.807, 2.05) is 24.3 Å². The molecule has 2 nitrogen and oxygen atoms in total. The molecule has 3 heteroatoms. The van der Waals surface area contributed by atoms with Gasteiger partial charge in [0, 0.05) is 6.54 Å². The van der Waals surface area contributed by atoms with Gasteiger partial charge in [-0.15, -0.1) is 0 Å². The van der Waals surface area contributed by atoms with Gasteiger partial charge in [-0.1, -0.05) is 12.1 Å². The predicted molar refractivity (Wildman–Crippen MR) is 54.6 cm³/mol. The number of para-hydroxylation sites is 2. The molecule has 1 fully saturated rings. The number of hydrogen-bond donors (Lipinski definition) is 1. The van der Waals surface area contributed by atoms with Gasteiger partial charge in [-0.25, -0.2) is 4.39 Å². The molecule has 0 bridgehead atoms. The van der Waals surface area contributed by atoms with E-state index in [2.05, 4.69) is 5.32 Å². The summed E-state index contributed by atoms with van der Waals surface area (Å²) in [6, 6.07) is 7.56. The van der Waals surface area contributed by atoms with E-state index in [1.165, 1.54) is 0 Å². The normalized spacial score (nSPS) is 17.6. The van der Waals surface area contributed by atoms with E-state index >= 15 is 0 Å². The van der Waals surface area contributed by atoms with E-state index in [0.29, 0.717) is 19.4 Å². The molecule has 1 N–H and O–H groups in total. The number of anilines is 1. The summed E-state index contributed by atoms with van der Waals surface area (Å²) >= 11 is 0. The van der Waals surface area contributed by atoms with E-state index in [0.717, 1.165) is 11.4 Å². The first-order valence-electron chi connectivity index (χ1n) is 4.79. The van der Waals surface area contributed by atoms with Crippen LogP contribution < -0.4 is 10.1 Å². The third-order valence-electron chi connectivity index (χ3n) is 2.50. The third kappa shape index (κ3) is 1.97. The minimum atomic E-state index is -0.971. The maximum atomic E-state index is 13.3. The van der Waals surface area contributed by atoms with Gasteiger partial charge in [-0.2, -0.15) is 0 Å². The highest BCUT2D eigenvalue weighted by Gasteiger charge is 2.42. The molecule has 0 radical (unpaired) electrons. The molecule has 76 valence electrons. The van der Waals surface area contributed by atoms with Crippen molar-refractivity contribution in [1.29, 1.82) is 0 Å². The lowest BCUT2D eigenvalue weighted by Gasteiger charge is -2.12. The molecular formula is C11H14FNO. The second-order valence-electron chi connectivity index (χ2n) is 3.70. The molecule has 1 aliphatic rings. The second-order valence-corrected chi connectivity index (χ2v) is 3.70. The first-order valence-corrected chi connectivity index (χ1v) is 4.79. The summed E-state index contributed by atoms with van der Waals surface area (Å²) < 4.78 is 18.5. The molecule has 1 aliphatic carbocycles. The average Bonchev–Trinajstić information content (AvgIpc) is 2.95. The van der Waals surface area contributed by atoms with Crippen molar-refractivity contribution in [2.75, 3.05) is 19.0 Å². The molecular weight excluding hydrogens is 181 g/mol. The fraction of sp³-hybridized carbons (Fsp3) is 0.455. The summed E-state index contributed by atoms with van der Waals surface area (Å²) in [5.74, 6) is 0.761. The van der Waals surface area contributed by atoms with Gasteiger partial charge in [-0.3, -0.25) is 0 Å². The fourth-order valence-electron chi connectivity index (χ4n) is 1.36. The van der Waals surface area contributed by atoms with Gasteiger partial charge in [-0.05, 0) is 25.0 Å². The highest BCUT2D eigenvalue weighted by atomic mass is 19.1. The van der Waals surface area contributed by atoms with Crippen LogP contribution in [0.5, 0.6) is 5.75 Å². The second kappa shape index (κ2) is 3.48. The maximum Gasteiger partial charge on any atom is 0.141 e. The van der Waals surface area contributed by atoms with Gasteiger partial charge in [0.2, 0.25) is 0 Å². The zero-order chi connectivity index (χ0) is 10.0. The topological polar surface area (TPSA) is 21.3 Å². The standard InChI is InChI=1S/C11H14FNO/c1-14-10-5-3-2-4-9(10)13-8-11(12)6-7-11/h2-5,13H,6-8H2,1H3. The number of hydrogen-bond acceptors (Lipinski definition) is 2. The van der Waals surface area contributed by atoms with E-state index in [-0.39, 0.29) is 0 Å². The number of benzene rings is 1. The molecule has 0 heterocycles. The van der Waals surface area contributed by atoms with Crippen molar-refractivity contribution in [1.82, 2.24) is 0 Å². The van der Waals surface area contributed by atoms with Crippen molar-refractivity contribution in [3.8, 4) is 5.75 Å². The Bertz CT molecular complexity index is 323. The Kier molecular flexibility index (Phi) is 2.32. The van der Waals surface area contributed by atoms with Crippen molar-refractivity contribution in [3.05, 3.63) is 24.3 Å². The quantitative estimate of drug-likeness (QED) is 0.797. The van der Waals surface area contributed by atoms with Crippen molar-refractivity contribution in [2.24, 2.45) is 0 Å². The maximum absolute atomic E-state index is 13.3. The number of ether oxygens (including phenoxy) is 1. The highest BCUT2D eigenvalue weighted by Crippen LogP contribution is 2.40.